The molecule has 1 aromatic carbocycles. The highest BCUT2D eigenvalue weighted by atomic mass is 32.2. The van der Waals surface area contributed by atoms with E-state index >= 15 is 0 Å². The van der Waals surface area contributed by atoms with Crippen molar-refractivity contribution in [1.29, 1.82) is 0 Å². The molecular weight excluding hydrogens is 352 g/mol. The van der Waals surface area contributed by atoms with Crippen LogP contribution in [0.1, 0.15) is 12.5 Å². The van der Waals surface area contributed by atoms with Crippen molar-refractivity contribution in [3.05, 3.63) is 35.9 Å². The molecule has 1 heterocycles. The third-order valence-electron chi connectivity index (χ3n) is 2.43. The Labute approximate surface area is 146 Å². The number of thioether (sulfide) groups is 1. The molecule has 1 amide bonds. The third-order valence-corrected chi connectivity index (χ3v) is 4.50. The summed E-state index contributed by atoms with van der Waals surface area (Å²) < 4.78 is 0.729. The number of anilines is 1. The van der Waals surface area contributed by atoms with Gasteiger partial charge in [-0.15, -0.1) is 10.2 Å². The Morgan fingerprint density at radius 2 is 2.13 bits per heavy atom. The maximum Gasteiger partial charge on any atom is 0.223 e. The molecule has 0 saturated heterocycles. The zero-order valence-corrected chi connectivity index (χ0v) is 14.6. The van der Waals surface area contributed by atoms with Crippen molar-refractivity contribution in [1.82, 2.24) is 15.6 Å². The summed E-state index contributed by atoms with van der Waals surface area (Å²) in [7, 11) is 0. The number of nitrogens with zero attached hydrogens (tertiary/aromatic N) is 3. The van der Waals surface area contributed by atoms with E-state index in [9.17, 15) is 4.79 Å². The molecule has 0 atom stereocenters. The van der Waals surface area contributed by atoms with Crippen LogP contribution in [0.15, 0.2) is 39.8 Å². The zero-order valence-electron chi connectivity index (χ0n) is 12.1. The predicted molar refractivity (Wildman–Crippen MR) is 97.8 cm³/mol. The molecule has 0 unspecified atom stereocenters. The third kappa shape index (κ3) is 5.93. The fourth-order valence-electron chi connectivity index (χ4n) is 1.53. The molecule has 0 fully saturated rings. The van der Waals surface area contributed by atoms with Crippen LogP contribution in [0.3, 0.4) is 0 Å². The number of nitrogens with two attached hydrogens (primary N) is 1. The van der Waals surface area contributed by atoms with Gasteiger partial charge in [0, 0.05) is 12.7 Å². The quantitative estimate of drug-likeness (QED) is 0.235. The molecule has 0 aliphatic rings. The fraction of sp³-hybridized carbons (Fsp3) is 0.154. The lowest BCUT2D eigenvalue weighted by Gasteiger charge is -2.06. The monoisotopic (exact) mass is 366 g/mol. The van der Waals surface area contributed by atoms with Gasteiger partial charge >= 0.3 is 0 Å². The topological polar surface area (TPSA) is 105 Å². The number of thiocarbonyl (C=S) groups is 1. The second-order valence-corrected chi connectivity index (χ2v) is 6.88. The van der Waals surface area contributed by atoms with Crippen molar-refractivity contribution in [3.63, 3.8) is 0 Å². The van der Waals surface area contributed by atoms with E-state index in [2.05, 4.69) is 26.0 Å². The number of benzene rings is 1. The molecule has 0 radical (unpaired) electrons. The summed E-state index contributed by atoms with van der Waals surface area (Å²) in [5.74, 6) is 0.374. The van der Waals surface area contributed by atoms with Gasteiger partial charge in [0.05, 0.1) is 5.71 Å². The summed E-state index contributed by atoms with van der Waals surface area (Å²) >= 11 is 7.54. The van der Waals surface area contributed by atoms with Gasteiger partial charge in [-0.3, -0.25) is 10.2 Å². The number of hydrogen-bond acceptors (Lipinski definition) is 7. The maximum absolute atomic E-state index is 11.0. The Hall–Kier alpha value is -2.04. The van der Waals surface area contributed by atoms with Gasteiger partial charge in [-0.25, -0.2) is 0 Å². The highest BCUT2D eigenvalue weighted by Gasteiger charge is 2.09. The molecule has 0 saturated carbocycles. The van der Waals surface area contributed by atoms with Gasteiger partial charge < -0.3 is 11.1 Å². The van der Waals surface area contributed by atoms with Gasteiger partial charge in [-0.05, 0) is 17.8 Å². The number of carbonyl (C=O) groups excluding carboxylic acids is 1. The largest absolute Gasteiger partial charge is 0.375 e. The van der Waals surface area contributed by atoms with Crippen LogP contribution in [0.25, 0.3) is 0 Å². The van der Waals surface area contributed by atoms with E-state index in [-0.39, 0.29) is 11.0 Å². The smallest absolute Gasteiger partial charge is 0.223 e. The Morgan fingerprint density at radius 3 is 2.78 bits per heavy atom. The van der Waals surface area contributed by atoms with Gasteiger partial charge in [0.15, 0.2) is 9.45 Å². The van der Waals surface area contributed by atoms with Crippen LogP contribution in [0.5, 0.6) is 0 Å². The van der Waals surface area contributed by atoms with Crippen LogP contribution < -0.4 is 16.5 Å². The van der Waals surface area contributed by atoms with Gasteiger partial charge in [0.2, 0.25) is 11.0 Å². The molecule has 4 N–H and O–H groups in total. The van der Waals surface area contributed by atoms with Crippen LogP contribution in [0, 0.1) is 0 Å². The molecule has 1 aromatic heterocycles. The van der Waals surface area contributed by atoms with Gasteiger partial charge in [-0.2, -0.15) is 5.10 Å². The number of amides is 1. The van der Waals surface area contributed by atoms with Gasteiger partial charge in [-0.1, -0.05) is 53.4 Å². The van der Waals surface area contributed by atoms with E-state index in [1.54, 1.807) is 0 Å². The fourth-order valence-corrected chi connectivity index (χ4v) is 3.34. The Morgan fingerprint density at radius 1 is 1.39 bits per heavy atom. The highest BCUT2D eigenvalue weighted by Crippen LogP contribution is 2.26. The Bertz CT molecular complexity index is 716. The van der Waals surface area contributed by atoms with E-state index in [4.69, 9.17) is 18.0 Å². The van der Waals surface area contributed by atoms with Crippen LogP contribution in [-0.2, 0) is 4.79 Å². The first-order valence-corrected chi connectivity index (χ1v) is 8.67. The van der Waals surface area contributed by atoms with Crippen molar-refractivity contribution in [2.24, 2.45) is 10.8 Å². The molecule has 23 heavy (non-hydrogen) atoms. The molecule has 7 nitrogen and oxygen atoms in total. The summed E-state index contributed by atoms with van der Waals surface area (Å²) in [5, 5.41) is 15.3. The summed E-state index contributed by atoms with van der Waals surface area (Å²) in [6, 6.07) is 9.68. The maximum atomic E-state index is 11.0. The lowest BCUT2D eigenvalue weighted by atomic mass is 10.1. The predicted octanol–water partition coefficient (Wildman–Crippen LogP) is 1.83. The first-order valence-electron chi connectivity index (χ1n) is 6.46. The average molecular weight is 366 g/mol. The summed E-state index contributed by atoms with van der Waals surface area (Å²) in [6.07, 6.45) is 0. The lowest BCUT2D eigenvalue weighted by Crippen LogP contribution is -2.26. The minimum Gasteiger partial charge on any atom is -0.375 e. The number of hydrazone groups is 1. The van der Waals surface area contributed by atoms with Gasteiger partial charge in [0.25, 0.3) is 0 Å². The second kappa shape index (κ2) is 8.56. The van der Waals surface area contributed by atoms with Crippen molar-refractivity contribution in [2.45, 2.75) is 11.3 Å². The van der Waals surface area contributed by atoms with Crippen molar-refractivity contribution >= 4 is 57.2 Å². The van der Waals surface area contributed by atoms with E-state index in [0.29, 0.717) is 10.9 Å². The standard InChI is InChI=1S/C13H14N6OS3/c1-8(20)15-12-18-19-13(23-12)22-7-10(16-17-11(14)21)9-5-3-2-4-6-9/h2-6H,7H2,1H3,(H3,14,17,21)(H,15,18,20)/b16-10+. The number of carbonyl (C=O) groups is 1. The SMILES string of the molecule is CC(=O)Nc1nnc(SC/C(=N\NC(N)=S)c2ccccc2)s1. The molecule has 0 spiro atoms. The van der Waals surface area contributed by atoms with Crippen LogP contribution in [0.4, 0.5) is 5.13 Å². The first-order chi connectivity index (χ1) is 11.0. The lowest BCUT2D eigenvalue weighted by molar-refractivity contribution is -0.114. The normalized spacial score (nSPS) is 11.1. The number of rotatable bonds is 6. The molecule has 120 valence electrons. The molecule has 2 aromatic rings. The van der Waals surface area contributed by atoms with E-state index in [1.807, 2.05) is 30.3 Å². The average Bonchev–Trinajstić information content (AvgIpc) is 2.94. The summed E-state index contributed by atoms with van der Waals surface area (Å²) in [6.45, 7) is 1.43. The van der Waals surface area contributed by atoms with E-state index in [1.165, 1.54) is 30.0 Å². The van der Waals surface area contributed by atoms with Crippen molar-refractivity contribution in [3.8, 4) is 0 Å². The molecule has 0 aliphatic heterocycles. The van der Waals surface area contributed by atoms with Crippen LogP contribution in [-0.4, -0.2) is 32.7 Å². The van der Waals surface area contributed by atoms with E-state index in [0.717, 1.165) is 15.6 Å². The second-order valence-electron chi connectivity index (χ2n) is 4.24. The van der Waals surface area contributed by atoms with Crippen LogP contribution >= 0.6 is 35.3 Å². The Balaban J connectivity index is 2.06. The molecule has 0 bridgehead atoms. The van der Waals surface area contributed by atoms with Crippen LogP contribution in [0.2, 0.25) is 0 Å². The zero-order chi connectivity index (χ0) is 16.7. The van der Waals surface area contributed by atoms with Gasteiger partial charge in [0.1, 0.15) is 0 Å². The molecular formula is C13H14N6OS3. The molecule has 0 aliphatic carbocycles. The van der Waals surface area contributed by atoms with Crippen molar-refractivity contribution < 1.29 is 4.79 Å². The number of hydrogen-bond donors (Lipinski definition) is 3. The molecule has 2 rings (SSSR count). The summed E-state index contributed by atoms with van der Waals surface area (Å²) in [5.41, 5.74) is 9.76. The molecule has 10 heteroatoms. The minimum atomic E-state index is -0.176. The number of nitrogens with one attached hydrogen (secondary N) is 2. The minimum absolute atomic E-state index is 0.104. The first kappa shape index (κ1) is 17.3. The van der Waals surface area contributed by atoms with E-state index < -0.39 is 0 Å². The highest BCUT2D eigenvalue weighted by molar-refractivity contribution is 8.01. The van der Waals surface area contributed by atoms with Crippen molar-refractivity contribution in [2.75, 3.05) is 11.1 Å². The summed E-state index contributed by atoms with van der Waals surface area (Å²) in [4.78, 5) is 11.0. The number of aromatic nitrogens is 2. The Kier molecular flexibility index (Phi) is 6.44.